The number of carbonyl (C=O) groups excluding carboxylic acids is 2. The van der Waals surface area contributed by atoms with Gasteiger partial charge in [0.05, 0.1) is 17.1 Å². The lowest BCUT2D eigenvalue weighted by atomic mass is 10.1. The largest absolute Gasteiger partial charge is 0.462 e. The number of nitrogens with one attached hydrogen (secondary N) is 1. The lowest BCUT2D eigenvalue weighted by molar-refractivity contribution is 0.0531. The summed E-state index contributed by atoms with van der Waals surface area (Å²) in [6.07, 6.45) is 1.68. The van der Waals surface area contributed by atoms with Crippen molar-refractivity contribution >= 4 is 38.2 Å². The Morgan fingerprint density at radius 3 is 2.43 bits per heavy atom. The van der Waals surface area contributed by atoms with Gasteiger partial charge in [0, 0.05) is 18.7 Å². The quantitative estimate of drug-likeness (QED) is 0.680. The van der Waals surface area contributed by atoms with E-state index in [0.717, 1.165) is 24.2 Å². The van der Waals surface area contributed by atoms with E-state index in [1.54, 1.807) is 13.8 Å². The number of amides is 1. The lowest BCUT2D eigenvalue weighted by Crippen LogP contribution is -2.27. The standard InChI is InChI=1S/C20H21N3O5S2/c1-3-28-20(25)17-13(2)16(12-21)19(29-17)22-18(24)14-6-8-15(9-7-14)30(26,27)23-10-4-5-11-23/h6-9H,3-5,10-11H2,1-2H3,(H,22,24). The van der Waals surface area contributed by atoms with E-state index in [1.165, 1.54) is 28.6 Å². The van der Waals surface area contributed by atoms with Crippen LogP contribution in [0.1, 0.15) is 50.9 Å². The number of rotatable bonds is 6. The van der Waals surface area contributed by atoms with Gasteiger partial charge in [-0.3, -0.25) is 4.79 Å². The van der Waals surface area contributed by atoms with Gasteiger partial charge in [-0.05, 0) is 56.5 Å². The number of esters is 1. The Kier molecular flexibility index (Phi) is 6.55. The van der Waals surface area contributed by atoms with Gasteiger partial charge < -0.3 is 10.1 Å². The summed E-state index contributed by atoms with van der Waals surface area (Å²) >= 11 is 0.974. The average Bonchev–Trinajstić information content (AvgIpc) is 3.37. The van der Waals surface area contributed by atoms with Gasteiger partial charge >= 0.3 is 5.97 Å². The van der Waals surface area contributed by atoms with E-state index < -0.39 is 21.9 Å². The molecule has 2 heterocycles. The molecule has 0 aliphatic carbocycles. The molecule has 1 aromatic heterocycles. The maximum absolute atomic E-state index is 12.6. The molecular weight excluding hydrogens is 426 g/mol. The molecule has 1 saturated heterocycles. The van der Waals surface area contributed by atoms with Crippen molar-refractivity contribution in [2.24, 2.45) is 0 Å². The van der Waals surface area contributed by atoms with Crippen LogP contribution in [0.2, 0.25) is 0 Å². The highest BCUT2D eigenvalue weighted by Gasteiger charge is 2.27. The Morgan fingerprint density at radius 1 is 1.23 bits per heavy atom. The number of hydrogen-bond donors (Lipinski definition) is 1. The highest BCUT2D eigenvalue weighted by Crippen LogP contribution is 2.33. The maximum Gasteiger partial charge on any atom is 0.348 e. The van der Waals surface area contributed by atoms with Crippen LogP contribution in [0.25, 0.3) is 0 Å². The second kappa shape index (κ2) is 8.95. The summed E-state index contributed by atoms with van der Waals surface area (Å²) < 4.78 is 31.6. The lowest BCUT2D eigenvalue weighted by Gasteiger charge is -2.15. The summed E-state index contributed by atoms with van der Waals surface area (Å²) in [5, 5.41) is 12.3. The van der Waals surface area contributed by atoms with Crippen molar-refractivity contribution in [3.8, 4) is 6.07 Å². The number of hydrogen-bond acceptors (Lipinski definition) is 7. The molecule has 8 nitrogen and oxygen atoms in total. The summed E-state index contributed by atoms with van der Waals surface area (Å²) in [6.45, 7) is 4.51. The fourth-order valence-corrected chi connectivity index (χ4v) is 5.72. The normalized spacial score (nSPS) is 14.3. The number of carbonyl (C=O) groups is 2. The van der Waals surface area contributed by atoms with Gasteiger partial charge in [0.15, 0.2) is 0 Å². The summed E-state index contributed by atoms with van der Waals surface area (Å²) in [7, 11) is -3.56. The third-order valence-electron chi connectivity index (χ3n) is 4.77. The number of benzene rings is 1. The van der Waals surface area contributed by atoms with Crippen LogP contribution in [0.15, 0.2) is 29.2 Å². The second-order valence-corrected chi connectivity index (χ2v) is 9.64. The Bertz CT molecular complexity index is 1110. The van der Waals surface area contributed by atoms with E-state index in [2.05, 4.69) is 5.32 Å². The van der Waals surface area contributed by atoms with Crippen LogP contribution >= 0.6 is 11.3 Å². The number of anilines is 1. The molecule has 0 unspecified atom stereocenters. The van der Waals surface area contributed by atoms with Gasteiger partial charge in [-0.2, -0.15) is 9.57 Å². The van der Waals surface area contributed by atoms with E-state index in [4.69, 9.17) is 4.74 Å². The SMILES string of the molecule is CCOC(=O)c1sc(NC(=O)c2ccc(S(=O)(=O)N3CCCC3)cc2)c(C#N)c1C. The first-order valence-corrected chi connectivity index (χ1v) is 11.7. The fourth-order valence-electron chi connectivity index (χ4n) is 3.16. The minimum Gasteiger partial charge on any atom is -0.462 e. The van der Waals surface area contributed by atoms with Crippen LogP contribution in [0, 0.1) is 18.3 Å². The van der Waals surface area contributed by atoms with Crippen molar-refractivity contribution in [2.75, 3.05) is 25.0 Å². The zero-order valence-corrected chi connectivity index (χ0v) is 18.2. The van der Waals surface area contributed by atoms with Crippen LogP contribution < -0.4 is 5.32 Å². The highest BCUT2D eigenvalue weighted by atomic mass is 32.2. The first kappa shape index (κ1) is 22.0. The molecular formula is C20H21N3O5S2. The summed E-state index contributed by atoms with van der Waals surface area (Å²) in [5.74, 6) is -1.05. The molecule has 30 heavy (non-hydrogen) atoms. The smallest absolute Gasteiger partial charge is 0.348 e. The van der Waals surface area contributed by atoms with E-state index in [-0.39, 0.29) is 32.5 Å². The van der Waals surface area contributed by atoms with Crippen LogP contribution in [0.3, 0.4) is 0 Å². The maximum atomic E-state index is 12.6. The summed E-state index contributed by atoms with van der Waals surface area (Å²) in [5.41, 5.74) is 0.885. The molecule has 2 aromatic rings. The molecule has 1 amide bonds. The summed E-state index contributed by atoms with van der Waals surface area (Å²) in [6, 6.07) is 7.66. The molecule has 0 atom stereocenters. The van der Waals surface area contributed by atoms with Gasteiger partial charge in [-0.1, -0.05) is 0 Å². The Morgan fingerprint density at radius 2 is 1.87 bits per heavy atom. The Labute approximate surface area is 179 Å². The van der Waals surface area contributed by atoms with Crippen molar-refractivity contribution in [1.82, 2.24) is 4.31 Å². The second-order valence-electron chi connectivity index (χ2n) is 6.68. The van der Waals surface area contributed by atoms with E-state index >= 15 is 0 Å². The van der Waals surface area contributed by atoms with Crippen LogP contribution in [-0.2, 0) is 14.8 Å². The van der Waals surface area contributed by atoms with Gasteiger partial charge in [-0.25, -0.2) is 13.2 Å². The molecule has 0 radical (unpaired) electrons. The van der Waals surface area contributed by atoms with Crippen molar-refractivity contribution in [3.63, 3.8) is 0 Å². The number of nitriles is 1. The van der Waals surface area contributed by atoms with E-state index in [0.29, 0.717) is 18.7 Å². The molecule has 1 aliphatic rings. The van der Waals surface area contributed by atoms with Crippen molar-refractivity contribution in [1.29, 1.82) is 5.26 Å². The monoisotopic (exact) mass is 447 g/mol. The minimum absolute atomic E-state index is 0.134. The number of ether oxygens (including phenoxy) is 1. The third kappa shape index (κ3) is 4.23. The van der Waals surface area contributed by atoms with Crippen LogP contribution in [0.5, 0.6) is 0 Å². The zero-order chi connectivity index (χ0) is 21.9. The molecule has 3 rings (SSSR count). The number of nitrogens with zero attached hydrogens (tertiary/aromatic N) is 2. The molecule has 0 spiro atoms. The number of thiophene rings is 1. The predicted molar refractivity (Wildman–Crippen MR) is 112 cm³/mol. The molecule has 158 valence electrons. The highest BCUT2D eigenvalue weighted by molar-refractivity contribution is 7.89. The molecule has 1 aliphatic heterocycles. The van der Waals surface area contributed by atoms with Gasteiger partial charge in [0.2, 0.25) is 10.0 Å². The molecule has 0 bridgehead atoms. The molecule has 1 fully saturated rings. The molecule has 0 saturated carbocycles. The topological polar surface area (TPSA) is 117 Å². The molecule has 1 N–H and O–H groups in total. The summed E-state index contributed by atoms with van der Waals surface area (Å²) in [4.78, 5) is 25.1. The minimum atomic E-state index is -3.56. The van der Waals surface area contributed by atoms with Crippen LogP contribution in [-0.4, -0.2) is 44.3 Å². The average molecular weight is 448 g/mol. The Hall–Kier alpha value is -2.74. The van der Waals surface area contributed by atoms with Crippen molar-refractivity contribution < 1.29 is 22.7 Å². The van der Waals surface area contributed by atoms with E-state index in [1.807, 2.05) is 6.07 Å². The van der Waals surface area contributed by atoms with Crippen LogP contribution in [0.4, 0.5) is 5.00 Å². The number of sulfonamides is 1. The van der Waals surface area contributed by atoms with Crippen molar-refractivity contribution in [2.45, 2.75) is 31.6 Å². The predicted octanol–water partition coefficient (Wildman–Crippen LogP) is 3.14. The fraction of sp³-hybridized carbons (Fsp3) is 0.350. The van der Waals surface area contributed by atoms with E-state index in [9.17, 15) is 23.3 Å². The van der Waals surface area contributed by atoms with Gasteiger partial charge in [-0.15, -0.1) is 11.3 Å². The first-order chi connectivity index (χ1) is 14.3. The Balaban J connectivity index is 1.81. The third-order valence-corrected chi connectivity index (χ3v) is 7.87. The zero-order valence-electron chi connectivity index (χ0n) is 16.6. The van der Waals surface area contributed by atoms with Gasteiger partial charge in [0.25, 0.3) is 5.91 Å². The molecule has 1 aromatic carbocycles. The van der Waals surface area contributed by atoms with Crippen molar-refractivity contribution in [3.05, 3.63) is 45.8 Å². The molecule has 10 heteroatoms. The van der Waals surface area contributed by atoms with Gasteiger partial charge in [0.1, 0.15) is 15.9 Å². The first-order valence-electron chi connectivity index (χ1n) is 9.41.